The summed E-state index contributed by atoms with van der Waals surface area (Å²) in [4.78, 5) is 12.3. The van der Waals surface area contributed by atoms with E-state index in [0.717, 1.165) is 12.5 Å². The lowest BCUT2D eigenvalue weighted by atomic mass is 10.0. The van der Waals surface area contributed by atoms with Crippen molar-refractivity contribution < 1.29 is 13.9 Å². The van der Waals surface area contributed by atoms with E-state index in [1.165, 1.54) is 17.7 Å². The average Bonchev–Trinajstić information content (AvgIpc) is 2.49. The quantitative estimate of drug-likeness (QED) is 0.749. The van der Waals surface area contributed by atoms with Crippen molar-refractivity contribution in [3.63, 3.8) is 0 Å². The molecule has 21 heavy (non-hydrogen) atoms. The molecule has 0 aromatic heterocycles. The monoisotopic (exact) mass is 306 g/mol. The number of ether oxygens (including phenoxy) is 1. The van der Waals surface area contributed by atoms with Gasteiger partial charge in [0.2, 0.25) is 5.78 Å². The minimum atomic E-state index is -0.694. The second kappa shape index (κ2) is 6.72. The Morgan fingerprint density at radius 1 is 1.24 bits per heavy atom. The molecule has 1 unspecified atom stereocenters. The molecule has 0 saturated heterocycles. The van der Waals surface area contributed by atoms with Crippen LogP contribution >= 0.6 is 11.6 Å². The Labute approximate surface area is 128 Å². The molecule has 0 amide bonds. The topological polar surface area (TPSA) is 26.3 Å². The first kappa shape index (κ1) is 15.5. The molecular weight excluding hydrogens is 291 g/mol. The Morgan fingerprint density at radius 2 is 1.90 bits per heavy atom. The molecule has 0 aliphatic carbocycles. The van der Waals surface area contributed by atoms with Gasteiger partial charge >= 0.3 is 0 Å². The van der Waals surface area contributed by atoms with Gasteiger partial charge in [-0.25, -0.2) is 4.39 Å². The molecule has 0 heterocycles. The maximum atomic E-state index is 13.0. The molecule has 0 spiro atoms. The minimum Gasteiger partial charge on any atom is -0.481 e. The summed E-state index contributed by atoms with van der Waals surface area (Å²) in [7, 11) is 0. The number of hydrogen-bond acceptors (Lipinski definition) is 2. The first-order valence-electron chi connectivity index (χ1n) is 6.76. The molecule has 110 valence electrons. The van der Waals surface area contributed by atoms with Crippen LogP contribution in [0.4, 0.5) is 4.39 Å². The molecule has 1 atom stereocenters. The summed E-state index contributed by atoms with van der Waals surface area (Å²) >= 11 is 5.89. The second-order valence-corrected chi connectivity index (χ2v) is 5.16. The number of halogens is 2. The second-order valence-electron chi connectivity index (χ2n) is 4.75. The summed E-state index contributed by atoms with van der Waals surface area (Å²) in [5, 5.41) is 0.149. The number of aryl methyl sites for hydroxylation is 1. The van der Waals surface area contributed by atoms with Gasteiger partial charge in [0.25, 0.3) is 0 Å². The lowest BCUT2D eigenvalue weighted by Crippen LogP contribution is -2.24. The first-order chi connectivity index (χ1) is 10.0. The van der Waals surface area contributed by atoms with Crippen molar-refractivity contribution in [2.45, 2.75) is 26.4 Å². The van der Waals surface area contributed by atoms with Crippen LogP contribution in [0.1, 0.15) is 29.8 Å². The zero-order valence-electron chi connectivity index (χ0n) is 11.9. The van der Waals surface area contributed by atoms with Gasteiger partial charge in [-0.1, -0.05) is 42.8 Å². The van der Waals surface area contributed by atoms with E-state index in [0.29, 0.717) is 11.3 Å². The molecule has 0 N–H and O–H groups in total. The maximum Gasteiger partial charge on any atom is 0.202 e. The van der Waals surface area contributed by atoms with E-state index in [2.05, 4.69) is 6.92 Å². The highest BCUT2D eigenvalue weighted by atomic mass is 35.5. The maximum absolute atomic E-state index is 13.0. The lowest BCUT2D eigenvalue weighted by molar-refractivity contribution is 0.0818. The number of rotatable bonds is 5. The molecule has 0 radical (unpaired) electrons. The van der Waals surface area contributed by atoms with Crippen molar-refractivity contribution in [1.82, 2.24) is 0 Å². The van der Waals surface area contributed by atoms with E-state index in [1.807, 2.05) is 12.1 Å². The molecule has 0 fully saturated rings. The Morgan fingerprint density at radius 3 is 2.48 bits per heavy atom. The highest BCUT2D eigenvalue weighted by molar-refractivity contribution is 6.32. The minimum absolute atomic E-state index is 0.141. The van der Waals surface area contributed by atoms with Crippen LogP contribution in [-0.4, -0.2) is 11.9 Å². The van der Waals surface area contributed by atoms with Crippen LogP contribution in [0, 0.1) is 5.82 Å². The van der Waals surface area contributed by atoms with E-state index in [4.69, 9.17) is 16.3 Å². The van der Waals surface area contributed by atoms with Crippen molar-refractivity contribution in [3.8, 4) is 5.75 Å². The molecule has 2 rings (SSSR count). The van der Waals surface area contributed by atoms with Gasteiger partial charge in [0.05, 0.1) is 5.02 Å². The van der Waals surface area contributed by atoms with Crippen LogP contribution in [0.3, 0.4) is 0 Å². The van der Waals surface area contributed by atoms with Crippen LogP contribution in [0.2, 0.25) is 5.02 Å². The molecular formula is C17H16ClFO2. The lowest BCUT2D eigenvalue weighted by Gasteiger charge is -2.15. The molecule has 4 heteroatoms. The van der Waals surface area contributed by atoms with Gasteiger partial charge in [-0.3, -0.25) is 4.79 Å². The van der Waals surface area contributed by atoms with Crippen LogP contribution in [0.15, 0.2) is 42.5 Å². The van der Waals surface area contributed by atoms with Crippen LogP contribution in [-0.2, 0) is 6.42 Å². The number of hydrogen-bond donors (Lipinski definition) is 0. The molecule has 0 bridgehead atoms. The number of carbonyl (C=O) groups is 1. The van der Waals surface area contributed by atoms with Gasteiger partial charge in [0.1, 0.15) is 11.6 Å². The van der Waals surface area contributed by atoms with Crippen molar-refractivity contribution in [1.29, 1.82) is 0 Å². The molecule has 0 aliphatic rings. The largest absolute Gasteiger partial charge is 0.481 e. The summed E-state index contributed by atoms with van der Waals surface area (Å²) in [5.74, 6) is -0.288. The Hall–Kier alpha value is -1.87. The fraction of sp³-hybridized carbons (Fsp3) is 0.235. The molecule has 2 nitrogen and oxygen atoms in total. The molecule has 0 aliphatic heterocycles. The van der Waals surface area contributed by atoms with Crippen molar-refractivity contribution in [3.05, 3.63) is 64.4 Å². The van der Waals surface area contributed by atoms with Crippen LogP contribution in [0.5, 0.6) is 5.75 Å². The Balaban J connectivity index is 2.11. The third kappa shape index (κ3) is 3.82. The van der Waals surface area contributed by atoms with Gasteiger partial charge in [0, 0.05) is 5.56 Å². The number of ketones is 1. The van der Waals surface area contributed by atoms with Gasteiger partial charge < -0.3 is 4.74 Å². The molecule has 2 aromatic rings. The summed E-state index contributed by atoms with van der Waals surface area (Å²) in [5.41, 5.74) is 1.75. The smallest absolute Gasteiger partial charge is 0.202 e. The fourth-order valence-electron chi connectivity index (χ4n) is 1.95. The zero-order valence-corrected chi connectivity index (χ0v) is 12.7. The predicted octanol–water partition coefficient (Wildman–Crippen LogP) is 4.69. The van der Waals surface area contributed by atoms with Gasteiger partial charge in [-0.15, -0.1) is 0 Å². The third-order valence-corrected chi connectivity index (χ3v) is 3.51. The summed E-state index contributed by atoms with van der Waals surface area (Å²) < 4.78 is 18.5. The van der Waals surface area contributed by atoms with E-state index < -0.39 is 11.9 Å². The van der Waals surface area contributed by atoms with E-state index in [-0.39, 0.29) is 10.8 Å². The zero-order chi connectivity index (χ0) is 15.4. The third-order valence-electron chi connectivity index (χ3n) is 3.21. The van der Waals surface area contributed by atoms with Gasteiger partial charge in [0.15, 0.2) is 6.10 Å². The number of Topliss-reactive ketones (excluding diaryl/α,β-unsaturated/α-hetero) is 1. The van der Waals surface area contributed by atoms with Crippen LogP contribution < -0.4 is 4.74 Å². The summed E-state index contributed by atoms with van der Waals surface area (Å²) in [6, 6.07) is 11.2. The van der Waals surface area contributed by atoms with Crippen LogP contribution in [0.25, 0.3) is 0 Å². The first-order valence-corrected chi connectivity index (χ1v) is 7.14. The van der Waals surface area contributed by atoms with E-state index >= 15 is 0 Å². The van der Waals surface area contributed by atoms with Gasteiger partial charge in [-0.2, -0.15) is 0 Å². The number of benzene rings is 2. The van der Waals surface area contributed by atoms with E-state index in [1.54, 1.807) is 19.1 Å². The molecule has 2 aromatic carbocycles. The fourth-order valence-corrected chi connectivity index (χ4v) is 2.17. The van der Waals surface area contributed by atoms with Crippen molar-refractivity contribution in [2.24, 2.45) is 0 Å². The molecule has 0 saturated carbocycles. The average molecular weight is 307 g/mol. The number of carbonyl (C=O) groups excluding carboxylic acids is 1. The standard InChI is InChI=1S/C17H16ClFO2/c1-3-12-4-6-13(7-5-12)17(20)11(2)21-16-9-8-14(19)10-15(16)18/h4-11H,3H2,1-2H3. The van der Waals surface area contributed by atoms with Crippen molar-refractivity contribution >= 4 is 17.4 Å². The normalized spacial score (nSPS) is 12.0. The highest BCUT2D eigenvalue weighted by Crippen LogP contribution is 2.26. The SMILES string of the molecule is CCc1ccc(C(=O)C(C)Oc2ccc(F)cc2Cl)cc1. The van der Waals surface area contributed by atoms with E-state index in [9.17, 15) is 9.18 Å². The van der Waals surface area contributed by atoms with Gasteiger partial charge in [-0.05, 0) is 37.1 Å². The Bertz CT molecular complexity index is 638. The summed E-state index contributed by atoms with van der Waals surface area (Å²) in [6.07, 6.45) is 0.228. The Kier molecular flexibility index (Phi) is 4.97. The summed E-state index contributed by atoms with van der Waals surface area (Å²) in [6.45, 7) is 3.70. The predicted molar refractivity (Wildman–Crippen MR) is 81.7 cm³/mol. The van der Waals surface area contributed by atoms with Crippen molar-refractivity contribution in [2.75, 3.05) is 0 Å². The highest BCUT2D eigenvalue weighted by Gasteiger charge is 2.18.